The average molecular weight is 406 g/mol. The third-order valence-electron chi connectivity index (χ3n) is 3.22. The Kier molecular flexibility index (Phi) is 4.49. The Morgan fingerprint density at radius 1 is 1.23 bits per heavy atom. The highest BCUT2D eigenvalue weighted by molar-refractivity contribution is 14.1. The van der Waals surface area contributed by atoms with Crippen molar-refractivity contribution in [3.05, 3.63) is 46.3 Å². The highest BCUT2D eigenvalue weighted by atomic mass is 123. The summed E-state index contributed by atoms with van der Waals surface area (Å²) in [6.45, 7) is 0.241. The van der Waals surface area contributed by atoms with Crippen molar-refractivity contribution in [1.29, 1.82) is 0 Å². The molecule has 1 N–H and O–H groups in total. The van der Waals surface area contributed by atoms with Crippen molar-refractivity contribution >= 4 is 28.2 Å². The Hall–Kier alpha value is -1.80. The standard InChI is InChI=1S/C16H15IN2O3/c1-21-15-8-12(22-7-6-20)3-4-13(15)14-10-19-9-11(17)2-5-16(19)18-14/h2-5,8-10,20H,6-7H2,1H3/i17-4. The maximum absolute atomic E-state index is 8.82. The number of nitrogens with zero attached hydrogens (tertiary/aromatic N) is 2. The number of ether oxygens (including phenoxy) is 2. The van der Waals surface area contributed by atoms with Crippen LogP contribution in [0.15, 0.2) is 42.7 Å². The van der Waals surface area contributed by atoms with Crippen LogP contribution in [-0.4, -0.2) is 34.8 Å². The van der Waals surface area contributed by atoms with E-state index >= 15 is 0 Å². The third kappa shape index (κ3) is 3.02. The van der Waals surface area contributed by atoms with Crippen LogP contribution in [0.2, 0.25) is 0 Å². The van der Waals surface area contributed by atoms with Crippen LogP contribution in [-0.2, 0) is 0 Å². The number of pyridine rings is 1. The van der Waals surface area contributed by atoms with Crippen molar-refractivity contribution in [3.63, 3.8) is 0 Å². The normalized spacial score (nSPS) is 10.9. The molecule has 0 spiro atoms. The van der Waals surface area contributed by atoms with Gasteiger partial charge in [-0.2, -0.15) is 0 Å². The van der Waals surface area contributed by atoms with E-state index in [2.05, 4.69) is 27.6 Å². The fraction of sp³-hybridized carbons (Fsp3) is 0.188. The monoisotopic (exact) mass is 406 g/mol. The van der Waals surface area contributed by atoms with Crippen LogP contribution in [0.5, 0.6) is 11.5 Å². The fourth-order valence-electron chi connectivity index (χ4n) is 2.23. The number of aromatic nitrogens is 2. The first-order valence-electron chi connectivity index (χ1n) is 6.77. The van der Waals surface area contributed by atoms with Crippen molar-refractivity contribution in [1.82, 2.24) is 9.38 Å². The van der Waals surface area contributed by atoms with Gasteiger partial charge < -0.3 is 19.0 Å². The molecule has 0 saturated heterocycles. The molecule has 0 amide bonds. The van der Waals surface area contributed by atoms with Crippen LogP contribution in [0.4, 0.5) is 0 Å². The summed E-state index contributed by atoms with van der Waals surface area (Å²) in [5.74, 6) is 1.35. The molecular formula is C16H15IN2O3. The molecule has 6 heteroatoms. The molecule has 3 rings (SSSR count). The summed E-state index contributed by atoms with van der Waals surface area (Å²) in [6.07, 6.45) is 4.00. The van der Waals surface area contributed by atoms with Crippen molar-refractivity contribution in [2.24, 2.45) is 0 Å². The number of fused-ring (bicyclic) bond motifs is 1. The highest BCUT2D eigenvalue weighted by Crippen LogP contribution is 2.33. The van der Waals surface area contributed by atoms with Gasteiger partial charge in [0.05, 0.1) is 19.4 Å². The summed E-state index contributed by atoms with van der Waals surface area (Å²) < 4.78 is 14.0. The van der Waals surface area contributed by atoms with Gasteiger partial charge >= 0.3 is 0 Å². The molecule has 0 atom stereocenters. The molecule has 2 heterocycles. The maximum atomic E-state index is 8.82. The lowest BCUT2D eigenvalue weighted by atomic mass is 10.1. The Morgan fingerprint density at radius 3 is 2.86 bits per heavy atom. The van der Waals surface area contributed by atoms with E-state index in [4.69, 9.17) is 14.6 Å². The summed E-state index contributed by atoms with van der Waals surface area (Å²) in [5.41, 5.74) is 2.63. The van der Waals surface area contributed by atoms with Crippen molar-refractivity contribution in [3.8, 4) is 22.8 Å². The lowest BCUT2D eigenvalue weighted by Gasteiger charge is -2.09. The van der Waals surface area contributed by atoms with Crippen LogP contribution in [0.1, 0.15) is 0 Å². The Morgan fingerprint density at radius 2 is 2.09 bits per heavy atom. The number of rotatable bonds is 5. The molecule has 0 fully saturated rings. The number of benzene rings is 1. The van der Waals surface area contributed by atoms with Gasteiger partial charge in [-0.15, -0.1) is 0 Å². The van der Waals surface area contributed by atoms with Crippen molar-refractivity contribution in [2.75, 3.05) is 20.3 Å². The molecule has 0 saturated carbocycles. The second kappa shape index (κ2) is 6.53. The molecule has 1 aromatic carbocycles. The fourth-order valence-corrected chi connectivity index (χ4v) is 2.71. The highest BCUT2D eigenvalue weighted by Gasteiger charge is 2.11. The minimum absolute atomic E-state index is 0.0187. The zero-order valence-electron chi connectivity index (χ0n) is 12.0. The number of aliphatic hydroxyl groups is 1. The van der Waals surface area contributed by atoms with E-state index in [0.29, 0.717) is 11.5 Å². The average Bonchev–Trinajstić information content (AvgIpc) is 2.95. The molecule has 22 heavy (non-hydrogen) atoms. The SMILES string of the molecule is COc1cc(OCCO)ccc1-c1cn2cc([123I])ccc2n1. The van der Waals surface area contributed by atoms with E-state index < -0.39 is 0 Å². The molecule has 0 aliphatic heterocycles. The summed E-state index contributed by atoms with van der Waals surface area (Å²) in [6, 6.07) is 9.57. The minimum atomic E-state index is -0.0187. The molecule has 3 aromatic rings. The van der Waals surface area contributed by atoms with Gasteiger partial charge in [0.15, 0.2) is 0 Å². The third-order valence-corrected chi connectivity index (χ3v) is 3.86. The molecule has 0 unspecified atom stereocenters. The van der Waals surface area contributed by atoms with Gasteiger partial charge in [0.1, 0.15) is 23.8 Å². The van der Waals surface area contributed by atoms with Crippen LogP contribution in [0.3, 0.4) is 0 Å². The van der Waals surface area contributed by atoms with Gasteiger partial charge in [-0.1, -0.05) is 0 Å². The quantitative estimate of drug-likeness (QED) is 0.663. The number of methoxy groups -OCH3 is 1. The molecule has 5 nitrogen and oxygen atoms in total. The summed E-state index contributed by atoms with van der Waals surface area (Å²) in [7, 11) is 1.62. The summed E-state index contributed by atoms with van der Waals surface area (Å²) in [4.78, 5) is 4.62. The Balaban J connectivity index is 2.01. The van der Waals surface area contributed by atoms with Crippen molar-refractivity contribution < 1.29 is 14.6 Å². The van der Waals surface area contributed by atoms with Gasteiger partial charge in [0.2, 0.25) is 0 Å². The van der Waals surface area contributed by atoms with Gasteiger partial charge in [0.25, 0.3) is 0 Å². The Bertz CT molecular complexity index is 801. The van der Waals surface area contributed by atoms with E-state index in [-0.39, 0.29) is 13.2 Å². The van der Waals surface area contributed by atoms with Crippen LogP contribution >= 0.6 is 22.6 Å². The predicted molar refractivity (Wildman–Crippen MR) is 92.5 cm³/mol. The van der Waals surface area contributed by atoms with E-state index in [9.17, 15) is 0 Å². The molecular weight excluding hydrogens is 391 g/mol. The first-order valence-corrected chi connectivity index (χ1v) is 7.85. The number of halogens is 1. The van der Waals surface area contributed by atoms with Crippen LogP contribution in [0, 0.1) is 3.57 Å². The van der Waals surface area contributed by atoms with Gasteiger partial charge in [-0.25, -0.2) is 4.98 Å². The lowest BCUT2D eigenvalue weighted by molar-refractivity contribution is 0.201. The number of hydrogen-bond donors (Lipinski definition) is 1. The number of hydrogen-bond acceptors (Lipinski definition) is 4. The first-order chi connectivity index (χ1) is 10.7. The lowest BCUT2D eigenvalue weighted by Crippen LogP contribution is -2.01. The van der Waals surface area contributed by atoms with E-state index in [1.165, 1.54) is 0 Å². The molecule has 2 aromatic heterocycles. The van der Waals surface area contributed by atoms with E-state index in [1.807, 2.05) is 41.1 Å². The topological polar surface area (TPSA) is 56.0 Å². The number of aliphatic hydroxyl groups excluding tert-OH is 1. The second-order valence-electron chi connectivity index (χ2n) is 4.67. The number of imidazole rings is 1. The van der Waals surface area contributed by atoms with Crippen LogP contribution in [0.25, 0.3) is 16.9 Å². The van der Waals surface area contributed by atoms with Crippen molar-refractivity contribution in [2.45, 2.75) is 0 Å². The Labute approximate surface area is 141 Å². The van der Waals surface area contributed by atoms with Crippen LogP contribution < -0.4 is 9.47 Å². The largest absolute Gasteiger partial charge is 0.496 e. The van der Waals surface area contributed by atoms with Gasteiger partial charge in [-0.3, -0.25) is 0 Å². The van der Waals surface area contributed by atoms with E-state index in [0.717, 1.165) is 20.5 Å². The van der Waals surface area contributed by atoms with E-state index in [1.54, 1.807) is 13.2 Å². The molecule has 0 aliphatic carbocycles. The molecule has 114 valence electrons. The molecule has 0 radical (unpaired) electrons. The molecule has 0 aliphatic rings. The van der Waals surface area contributed by atoms with Gasteiger partial charge in [0, 0.05) is 27.6 Å². The minimum Gasteiger partial charge on any atom is -0.496 e. The second-order valence-corrected chi connectivity index (χ2v) is 5.92. The molecule has 0 bridgehead atoms. The first kappa shape index (κ1) is 15.1. The summed E-state index contributed by atoms with van der Waals surface area (Å²) >= 11 is 2.27. The predicted octanol–water partition coefficient (Wildman–Crippen LogP) is 2.99. The summed E-state index contributed by atoms with van der Waals surface area (Å²) in [5, 5.41) is 8.82. The zero-order valence-corrected chi connectivity index (χ0v) is 14.1. The maximum Gasteiger partial charge on any atom is 0.137 e. The van der Waals surface area contributed by atoms with Gasteiger partial charge in [-0.05, 0) is 46.9 Å². The zero-order chi connectivity index (χ0) is 15.5. The smallest absolute Gasteiger partial charge is 0.137 e.